The van der Waals surface area contributed by atoms with Crippen LogP contribution in [-0.4, -0.2) is 38.2 Å². The van der Waals surface area contributed by atoms with E-state index in [0.717, 1.165) is 5.69 Å². The zero-order valence-electron chi connectivity index (χ0n) is 12.4. The minimum atomic E-state index is -1.25. The molecule has 1 saturated heterocycles. The smallest absolute Gasteiger partial charge is 0.231 e. The Hall–Kier alpha value is -2.34. The summed E-state index contributed by atoms with van der Waals surface area (Å²) in [5, 5.41) is 14.0. The molecule has 1 amide bonds. The lowest BCUT2D eigenvalue weighted by molar-refractivity contribution is -0.313. The summed E-state index contributed by atoms with van der Waals surface area (Å²) in [5.74, 6) is -3.30. The second kappa shape index (κ2) is 5.46. The molecule has 4 atom stereocenters. The van der Waals surface area contributed by atoms with E-state index >= 15 is 0 Å². The minimum Gasteiger partial charge on any atom is -0.550 e. The minimum absolute atomic E-state index is 0.358. The zero-order chi connectivity index (χ0) is 15.9. The summed E-state index contributed by atoms with van der Waals surface area (Å²) < 4.78 is 5.47. The number of nitrogens with zero attached hydrogens (tertiary/aromatic N) is 1. The van der Waals surface area contributed by atoms with Gasteiger partial charge in [-0.1, -0.05) is 12.2 Å². The molecule has 0 saturated carbocycles. The van der Waals surface area contributed by atoms with Crippen molar-refractivity contribution in [2.24, 2.45) is 11.8 Å². The van der Waals surface area contributed by atoms with Crippen LogP contribution in [-0.2, 0) is 14.3 Å². The van der Waals surface area contributed by atoms with E-state index in [9.17, 15) is 14.7 Å². The Labute approximate surface area is 128 Å². The van der Waals surface area contributed by atoms with Crippen molar-refractivity contribution in [3.8, 4) is 0 Å². The van der Waals surface area contributed by atoms with Gasteiger partial charge in [-0.25, -0.2) is 0 Å². The molecule has 6 heteroatoms. The number of nitrogens with one attached hydrogen (secondary N) is 1. The number of carbonyl (C=O) groups is 2. The van der Waals surface area contributed by atoms with Crippen molar-refractivity contribution >= 4 is 23.3 Å². The predicted octanol–water partition coefficient (Wildman–Crippen LogP) is 0.0106. The molecular weight excluding hydrogens is 284 g/mol. The number of amides is 1. The Morgan fingerprint density at radius 1 is 1.09 bits per heavy atom. The number of anilines is 2. The molecule has 2 heterocycles. The molecule has 1 fully saturated rings. The maximum atomic E-state index is 12.4. The molecule has 2 aliphatic rings. The summed E-state index contributed by atoms with van der Waals surface area (Å²) in [6.07, 6.45) is 2.36. The molecule has 6 nitrogen and oxygen atoms in total. The number of carbonyl (C=O) groups excluding carboxylic acids is 2. The summed E-state index contributed by atoms with van der Waals surface area (Å²) in [6.45, 7) is 0. The van der Waals surface area contributed by atoms with Gasteiger partial charge in [-0.05, 0) is 24.3 Å². The number of ether oxygens (including phenoxy) is 1. The molecular formula is C16H17N2O4-. The second-order valence-electron chi connectivity index (χ2n) is 5.75. The van der Waals surface area contributed by atoms with Crippen LogP contribution >= 0.6 is 0 Å². The molecule has 1 aromatic carbocycles. The fourth-order valence-electron chi connectivity index (χ4n) is 2.97. The lowest BCUT2D eigenvalue weighted by Gasteiger charge is -2.25. The Kier molecular flexibility index (Phi) is 3.62. The summed E-state index contributed by atoms with van der Waals surface area (Å²) >= 11 is 0. The maximum absolute atomic E-state index is 12.4. The van der Waals surface area contributed by atoms with Gasteiger partial charge < -0.3 is 24.9 Å². The van der Waals surface area contributed by atoms with Gasteiger partial charge in [0.15, 0.2) is 0 Å². The molecule has 1 aromatic rings. The zero-order valence-corrected chi connectivity index (χ0v) is 12.4. The van der Waals surface area contributed by atoms with Gasteiger partial charge in [0, 0.05) is 37.4 Å². The fourth-order valence-corrected chi connectivity index (χ4v) is 2.97. The van der Waals surface area contributed by atoms with E-state index < -0.39 is 30.0 Å². The Balaban J connectivity index is 1.74. The number of carboxylic acids is 1. The molecule has 116 valence electrons. The SMILES string of the molecule is CN(C)c1ccc(NC(=O)[C@@H]2[C@@H](C(=O)[O-])[C@@H]3C=C[C@H]2O3)cc1. The van der Waals surface area contributed by atoms with Crippen molar-refractivity contribution in [2.45, 2.75) is 12.2 Å². The second-order valence-corrected chi connectivity index (χ2v) is 5.75. The third-order valence-corrected chi connectivity index (χ3v) is 4.13. The van der Waals surface area contributed by atoms with E-state index in [2.05, 4.69) is 5.32 Å². The van der Waals surface area contributed by atoms with Crippen LogP contribution in [0.2, 0.25) is 0 Å². The summed E-state index contributed by atoms with van der Waals surface area (Å²) in [4.78, 5) is 25.6. The predicted molar refractivity (Wildman–Crippen MR) is 79.2 cm³/mol. The van der Waals surface area contributed by atoms with Crippen molar-refractivity contribution in [2.75, 3.05) is 24.3 Å². The Morgan fingerprint density at radius 3 is 2.23 bits per heavy atom. The first-order valence-corrected chi connectivity index (χ1v) is 7.10. The highest BCUT2D eigenvalue weighted by Gasteiger charge is 2.50. The van der Waals surface area contributed by atoms with Crippen LogP contribution in [0.1, 0.15) is 0 Å². The highest BCUT2D eigenvalue weighted by Crippen LogP contribution is 2.39. The van der Waals surface area contributed by atoms with Gasteiger partial charge in [0.2, 0.25) is 5.91 Å². The Morgan fingerprint density at radius 2 is 1.68 bits per heavy atom. The van der Waals surface area contributed by atoms with Crippen molar-refractivity contribution in [3.05, 3.63) is 36.4 Å². The maximum Gasteiger partial charge on any atom is 0.231 e. The molecule has 3 rings (SSSR count). The molecule has 0 radical (unpaired) electrons. The third kappa shape index (κ3) is 2.46. The normalized spacial score (nSPS) is 28.6. The lowest BCUT2D eigenvalue weighted by Crippen LogP contribution is -2.45. The van der Waals surface area contributed by atoms with E-state index in [-0.39, 0.29) is 5.91 Å². The van der Waals surface area contributed by atoms with Crippen LogP contribution in [0.25, 0.3) is 0 Å². The van der Waals surface area contributed by atoms with Crippen LogP contribution in [0.3, 0.4) is 0 Å². The number of benzene rings is 1. The number of carboxylic acid groups (broad SMARTS) is 1. The van der Waals surface area contributed by atoms with Gasteiger partial charge in [0.25, 0.3) is 0 Å². The van der Waals surface area contributed by atoms with Crippen molar-refractivity contribution in [1.29, 1.82) is 0 Å². The van der Waals surface area contributed by atoms with Gasteiger partial charge in [-0.3, -0.25) is 4.79 Å². The Bertz CT molecular complexity index is 624. The van der Waals surface area contributed by atoms with E-state index in [1.165, 1.54) is 0 Å². The molecule has 0 unspecified atom stereocenters. The average molecular weight is 301 g/mol. The van der Waals surface area contributed by atoms with Crippen molar-refractivity contribution in [1.82, 2.24) is 0 Å². The molecule has 22 heavy (non-hydrogen) atoms. The first kappa shape index (κ1) is 14.6. The molecule has 2 aliphatic heterocycles. The average Bonchev–Trinajstić information content (AvgIpc) is 3.08. The molecule has 0 spiro atoms. The molecule has 0 aromatic heterocycles. The van der Waals surface area contributed by atoms with E-state index in [1.807, 2.05) is 31.1 Å². The van der Waals surface area contributed by atoms with Crippen molar-refractivity contribution in [3.63, 3.8) is 0 Å². The highest BCUT2D eigenvalue weighted by atomic mass is 16.5. The van der Waals surface area contributed by atoms with Gasteiger partial charge in [-0.2, -0.15) is 0 Å². The lowest BCUT2D eigenvalue weighted by atomic mass is 9.82. The first-order valence-electron chi connectivity index (χ1n) is 7.10. The number of fused-ring (bicyclic) bond motifs is 2. The van der Waals surface area contributed by atoms with Gasteiger partial charge in [-0.15, -0.1) is 0 Å². The van der Waals surface area contributed by atoms with Crippen LogP contribution in [0.4, 0.5) is 11.4 Å². The molecule has 0 aliphatic carbocycles. The van der Waals surface area contributed by atoms with Crippen LogP contribution < -0.4 is 15.3 Å². The van der Waals surface area contributed by atoms with E-state index in [0.29, 0.717) is 5.69 Å². The molecule has 1 N–H and O–H groups in total. The number of hydrogen-bond acceptors (Lipinski definition) is 5. The van der Waals surface area contributed by atoms with E-state index in [4.69, 9.17) is 4.74 Å². The van der Waals surface area contributed by atoms with Crippen LogP contribution in [0, 0.1) is 11.8 Å². The van der Waals surface area contributed by atoms with Gasteiger partial charge in [0.05, 0.1) is 18.1 Å². The highest BCUT2D eigenvalue weighted by molar-refractivity contribution is 5.96. The van der Waals surface area contributed by atoms with Crippen LogP contribution in [0.5, 0.6) is 0 Å². The van der Waals surface area contributed by atoms with Gasteiger partial charge in [0.1, 0.15) is 0 Å². The summed E-state index contributed by atoms with van der Waals surface area (Å²) in [7, 11) is 3.86. The standard InChI is InChI=1S/C16H18N2O4/c1-18(2)10-5-3-9(4-6-10)17-15(19)13-11-7-8-12(22-11)14(13)16(20)21/h3-8,11-14H,1-2H3,(H,17,19)(H,20,21)/p-1/t11-,12+,13+,14+/m1/s1. The number of rotatable bonds is 4. The monoisotopic (exact) mass is 301 g/mol. The topological polar surface area (TPSA) is 81.7 Å². The summed E-state index contributed by atoms with van der Waals surface area (Å²) in [6, 6.07) is 7.32. The largest absolute Gasteiger partial charge is 0.550 e. The first-order chi connectivity index (χ1) is 10.5. The third-order valence-electron chi connectivity index (χ3n) is 4.13. The van der Waals surface area contributed by atoms with Gasteiger partial charge >= 0.3 is 0 Å². The van der Waals surface area contributed by atoms with E-state index in [1.54, 1.807) is 24.3 Å². The quantitative estimate of drug-likeness (QED) is 0.792. The van der Waals surface area contributed by atoms with Crippen molar-refractivity contribution < 1.29 is 19.4 Å². The van der Waals surface area contributed by atoms with Crippen LogP contribution in [0.15, 0.2) is 36.4 Å². The molecule has 2 bridgehead atoms. The number of aliphatic carboxylic acids is 1. The number of hydrogen-bond donors (Lipinski definition) is 1. The fraction of sp³-hybridized carbons (Fsp3) is 0.375. The summed E-state index contributed by atoms with van der Waals surface area (Å²) in [5.41, 5.74) is 1.64.